The van der Waals surface area contributed by atoms with Gasteiger partial charge in [0.25, 0.3) is 0 Å². The highest BCUT2D eigenvalue weighted by Crippen LogP contribution is 2.17. The van der Waals surface area contributed by atoms with Gasteiger partial charge in [-0.2, -0.15) is 0 Å². The van der Waals surface area contributed by atoms with Gasteiger partial charge >= 0.3 is 11.9 Å². The first-order valence-electron chi connectivity index (χ1n) is 3.62. The zero-order valence-electron chi connectivity index (χ0n) is 7.48. The van der Waals surface area contributed by atoms with Gasteiger partial charge in [0.1, 0.15) is 11.3 Å². The molecule has 0 aliphatic rings. The molecule has 5 nitrogen and oxygen atoms in total. The van der Waals surface area contributed by atoms with Crippen LogP contribution in [0.5, 0.6) is 5.75 Å². The lowest BCUT2D eigenvalue weighted by Gasteiger charge is -2.03. The monoisotopic (exact) mass is 228 g/mol. The highest BCUT2D eigenvalue weighted by Gasteiger charge is 2.10. The number of para-hydroxylation sites is 1. The molecule has 3 N–H and O–H groups in total. The minimum atomic E-state index is -1.11. The molecule has 0 aromatic heterocycles. The first-order chi connectivity index (χ1) is 6.11. The van der Waals surface area contributed by atoms with E-state index in [4.69, 9.17) is 5.11 Å². The van der Waals surface area contributed by atoms with Crippen LogP contribution in [-0.2, 0) is 4.79 Å². The number of carbonyl (C=O) groups excluding carboxylic acids is 1. The smallest absolute Gasteiger partial charge is 0.339 e. The van der Waals surface area contributed by atoms with Crippen LogP contribution in [0, 0.1) is 0 Å². The van der Waals surface area contributed by atoms with Gasteiger partial charge in [-0.1, -0.05) is 12.1 Å². The summed E-state index contributed by atoms with van der Waals surface area (Å²) < 4.78 is 4.69. The summed E-state index contributed by atoms with van der Waals surface area (Å²) in [6, 6.07) is 5.98. The number of carboxylic acids is 1. The molecule has 6 heteroatoms. The Bertz CT molecular complexity index is 350. The summed E-state index contributed by atoms with van der Waals surface area (Å²) in [5.74, 6) is -1.58. The second-order valence-electron chi connectivity index (χ2n) is 2.39. The summed E-state index contributed by atoms with van der Waals surface area (Å²) in [7, 11) is 0. The number of hydrogen-bond donors (Lipinski definition) is 1. The predicted octanol–water partition coefficient (Wildman–Crippen LogP) is -0.699. The van der Waals surface area contributed by atoms with Crippen LogP contribution in [0.25, 0.3) is 0 Å². The molecule has 0 aliphatic heterocycles. The van der Waals surface area contributed by atoms with Crippen LogP contribution < -0.4 is 4.74 Å². The molecule has 0 heterocycles. The Morgan fingerprint density at radius 3 is 2.27 bits per heavy atom. The first kappa shape index (κ1) is 16.1. The molecule has 0 saturated carbocycles. The van der Waals surface area contributed by atoms with E-state index in [9.17, 15) is 9.59 Å². The topological polar surface area (TPSA) is 95.1 Å². The maximum absolute atomic E-state index is 10.6. The molecule has 15 heavy (non-hydrogen) atoms. The molecule has 1 aromatic rings. The van der Waals surface area contributed by atoms with Gasteiger partial charge in [-0.05, 0) is 12.1 Å². The van der Waals surface area contributed by atoms with E-state index in [1.807, 2.05) is 0 Å². The van der Waals surface area contributed by atoms with E-state index in [0.717, 1.165) is 0 Å². The number of ether oxygens (including phenoxy) is 1. The SMILES string of the molecule is CC(=O)Oc1ccccc1C(=O)O.O.[AlH3]. The number of rotatable bonds is 2. The molecule has 1 aromatic carbocycles. The fourth-order valence-electron chi connectivity index (χ4n) is 0.887. The number of esters is 1. The minimum Gasteiger partial charge on any atom is -0.478 e. The quantitative estimate of drug-likeness (QED) is 0.411. The normalized spacial score (nSPS) is 8.07. The third kappa shape index (κ3) is 4.61. The number of carboxylic acid groups (broad SMARTS) is 1. The third-order valence-electron chi connectivity index (χ3n) is 1.37. The van der Waals surface area contributed by atoms with Crippen molar-refractivity contribution in [3.05, 3.63) is 29.8 Å². The zero-order chi connectivity index (χ0) is 9.84. The Kier molecular flexibility index (Phi) is 7.52. The van der Waals surface area contributed by atoms with Crippen LogP contribution in [-0.4, -0.2) is 39.9 Å². The van der Waals surface area contributed by atoms with Gasteiger partial charge in [-0.3, -0.25) is 4.79 Å². The predicted molar refractivity (Wildman–Crippen MR) is 58.3 cm³/mol. The summed E-state index contributed by atoms with van der Waals surface area (Å²) in [6.07, 6.45) is 0. The molecule has 0 bridgehead atoms. The zero-order valence-corrected chi connectivity index (χ0v) is 7.48. The van der Waals surface area contributed by atoms with Crippen molar-refractivity contribution in [1.29, 1.82) is 0 Å². The lowest BCUT2D eigenvalue weighted by Crippen LogP contribution is -2.06. The lowest BCUT2D eigenvalue weighted by atomic mass is 10.2. The summed E-state index contributed by atoms with van der Waals surface area (Å²) in [6.45, 7) is 1.22. The molecule has 1 rings (SSSR count). The van der Waals surface area contributed by atoms with Crippen LogP contribution in [0.2, 0.25) is 0 Å². The van der Waals surface area contributed by atoms with Crippen molar-refractivity contribution in [3.8, 4) is 5.75 Å². The van der Waals surface area contributed by atoms with Crippen molar-refractivity contribution in [2.75, 3.05) is 0 Å². The average Bonchev–Trinajstić information content (AvgIpc) is 2.03. The molecular weight excluding hydrogens is 215 g/mol. The van der Waals surface area contributed by atoms with Crippen molar-refractivity contribution in [2.24, 2.45) is 0 Å². The second-order valence-corrected chi connectivity index (χ2v) is 2.39. The van der Waals surface area contributed by atoms with Gasteiger partial charge in [0.15, 0.2) is 17.4 Å². The standard InChI is InChI=1S/C9H8O4.Al.H2O.3H/c1-6(10)13-8-5-3-2-4-7(8)9(11)12;;;;;/h2-5H,1H3,(H,11,12);;1H2;;;. The Morgan fingerprint density at radius 2 is 1.80 bits per heavy atom. The minimum absolute atomic E-state index is 0. The summed E-state index contributed by atoms with van der Waals surface area (Å²) in [4.78, 5) is 21.2. The second kappa shape index (κ2) is 7.01. The molecule has 0 unspecified atom stereocenters. The molecule has 0 spiro atoms. The van der Waals surface area contributed by atoms with E-state index in [2.05, 4.69) is 4.74 Å². The molecule has 0 atom stereocenters. The Labute approximate surface area is 97.1 Å². The lowest BCUT2D eigenvalue weighted by molar-refractivity contribution is -0.131. The number of hydrogen-bond acceptors (Lipinski definition) is 3. The molecule has 0 amide bonds. The largest absolute Gasteiger partial charge is 0.478 e. The van der Waals surface area contributed by atoms with E-state index < -0.39 is 11.9 Å². The van der Waals surface area contributed by atoms with Crippen molar-refractivity contribution in [1.82, 2.24) is 0 Å². The van der Waals surface area contributed by atoms with Crippen molar-refractivity contribution >= 4 is 29.3 Å². The maximum atomic E-state index is 10.6. The number of benzene rings is 1. The Hall–Kier alpha value is -1.35. The van der Waals surface area contributed by atoms with E-state index >= 15 is 0 Å². The molecule has 0 saturated heterocycles. The van der Waals surface area contributed by atoms with Gasteiger partial charge in [-0.25, -0.2) is 4.79 Å². The van der Waals surface area contributed by atoms with E-state index in [-0.39, 0.29) is 34.2 Å². The van der Waals surface area contributed by atoms with E-state index in [1.54, 1.807) is 12.1 Å². The van der Waals surface area contributed by atoms with Crippen LogP contribution in [0.4, 0.5) is 0 Å². The maximum Gasteiger partial charge on any atom is 0.339 e. The molecule has 82 valence electrons. The van der Waals surface area contributed by atoms with Crippen molar-refractivity contribution in [2.45, 2.75) is 6.92 Å². The Balaban J connectivity index is 0. The first-order valence-corrected chi connectivity index (χ1v) is 3.62. The van der Waals surface area contributed by atoms with Gasteiger partial charge in [-0.15, -0.1) is 0 Å². The highest BCUT2D eigenvalue weighted by atomic mass is 27.0. The molecule has 0 radical (unpaired) electrons. The van der Waals surface area contributed by atoms with Crippen LogP contribution in [0.15, 0.2) is 24.3 Å². The number of carbonyl (C=O) groups is 2. The summed E-state index contributed by atoms with van der Waals surface area (Å²) in [5, 5.41) is 8.69. The molecular formula is C9H13AlO5. The van der Waals surface area contributed by atoms with Gasteiger partial charge in [0, 0.05) is 6.92 Å². The summed E-state index contributed by atoms with van der Waals surface area (Å²) >= 11 is 0. The van der Waals surface area contributed by atoms with Gasteiger partial charge < -0.3 is 15.3 Å². The fourth-order valence-corrected chi connectivity index (χ4v) is 0.887. The number of aromatic carboxylic acids is 1. The van der Waals surface area contributed by atoms with Gasteiger partial charge in [0.05, 0.1) is 0 Å². The van der Waals surface area contributed by atoms with E-state index in [0.29, 0.717) is 0 Å². The highest BCUT2D eigenvalue weighted by molar-refractivity contribution is 5.91. The molecule has 0 fully saturated rings. The van der Waals surface area contributed by atoms with Crippen LogP contribution in [0.3, 0.4) is 0 Å². The van der Waals surface area contributed by atoms with Crippen LogP contribution >= 0.6 is 0 Å². The van der Waals surface area contributed by atoms with Crippen molar-refractivity contribution < 1.29 is 24.9 Å². The fraction of sp³-hybridized carbons (Fsp3) is 0.111. The average molecular weight is 228 g/mol. The third-order valence-corrected chi connectivity index (χ3v) is 1.37. The van der Waals surface area contributed by atoms with Crippen LogP contribution in [0.1, 0.15) is 17.3 Å². The molecule has 0 aliphatic carbocycles. The summed E-state index contributed by atoms with van der Waals surface area (Å²) in [5.41, 5.74) is -0.0160. The van der Waals surface area contributed by atoms with Gasteiger partial charge in [0.2, 0.25) is 0 Å². The van der Waals surface area contributed by atoms with Crippen molar-refractivity contribution in [3.63, 3.8) is 0 Å². The van der Waals surface area contributed by atoms with E-state index in [1.165, 1.54) is 19.1 Å². The Morgan fingerprint density at radius 1 is 1.27 bits per heavy atom.